The molecule has 20 heavy (non-hydrogen) atoms. The fraction of sp³-hybridized carbons (Fsp3) is 0.143. The van der Waals surface area contributed by atoms with Gasteiger partial charge in [0.2, 0.25) is 5.76 Å². The second-order valence-corrected chi connectivity index (χ2v) is 3.91. The van der Waals surface area contributed by atoms with Crippen LogP contribution in [0.2, 0.25) is 0 Å². The van der Waals surface area contributed by atoms with Crippen molar-refractivity contribution in [2.75, 3.05) is 7.11 Å². The molecule has 6 heteroatoms. The zero-order valence-corrected chi connectivity index (χ0v) is 10.8. The number of para-hydroxylation sites is 1. The summed E-state index contributed by atoms with van der Waals surface area (Å²) >= 11 is 0. The van der Waals surface area contributed by atoms with Gasteiger partial charge in [-0.25, -0.2) is 4.79 Å². The van der Waals surface area contributed by atoms with Crippen molar-refractivity contribution in [3.8, 4) is 5.75 Å². The highest BCUT2D eigenvalue weighted by molar-refractivity contribution is 5.95. The number of amides is 1. The summed E-state index contributed by atoms with van der Waals surface area (Å²) in [5, 5.41) is 0. The number of rotatable bonds is 5. The van der Waals surface area contributed by atoms with Crippen molar-refractivity contribution >= 4 is 11.9 Å². The van der Waals surface area contributed by atoms with Crippen molar-refractivity contribution in [2.45, 2.75) is 6.61 Å². The van der Waals surface area contributed by atoms with E-state index in [9.17, 15) is 9.59 Å². The molecular formula is C14H13NO5. The Balaban J connectivity index is 2.07. The first-order valence-corrected chi connectivity index (χ1v) is 5.80. The minimum atomic E-state index is -0.574. The van der Waals surface area contributed by atoms with Gasteiger partial charge in [0.25, 0.3) is 5.91 Å². The molecule has 0 fully saturated rings. The summed E-state index contributed by atoms with van der Waals surface area (Å²) in [5.41, 5.74) is 5.53. The highest BCUT2D eigenvalue weighted by atomic mass is 16.5. The number of furan rings is 1. The fourth-order valence-corrected chi connectivity index (χ4v) is 1.61. The molecule has 2 aromatic rings. The summed E-state index contributed by atoms with van der Waals surface area (Å²) in [7, 11) is 1.27. The molecule has 0 unspecified atom stereocenters. The van der Waals surface area contributed by atoms with Crippen LogP contribution in [0.1, 0.15) is 26.7 Å². The molecule has 0 atom stereocenters. The first kappa shape index (κ1) is 13.7. The zero-order valence-electron chi connectivity index (χ0n) is 10.8. The van der Waals surface area contributed by atoms with Gasteiger partial charge in [-0.15, -0.1) is 0 Å². The van der Waals surface area contributed by atoms with Gasteiger partial charge in [0.05, 0.1) is 12.7 Å². The first-order chi connectivity index (χ1) is 9.61. The lowest BCUT2D eigenvalue weighted by molar-refractivity contribution is 0.0561. The molecule has 1 amide bonds. The predicted molar refractivity (Wildman–Crippen MR) is 69.3 cm³/mol. The van der Waals surface area contributed by atoms with E-state index in [0.717, 1.165) is 0 Å². The van der Waals surface area contributed by atoms with Crippen molar-refractivity contribution in [3.63, 3.8) is 0 Å². The second kappa shape index (κ2) is 5.92. The van der Waals surface area contributed by atoms with Crippen LogP contribution < -0.4 is 10.5 Å². The SMILES string of the molecule is COC(=O)c1ccc(COc2ccccc2C(N)=O)o1. The number of ether oxygens (including phenoxy) is 2. The highest BCUT2D eigenvalue weighted by Crippen LogP contribution is 2.19. The molecule has 0 bridgehead atoms. The molecule has 0 radical (unpaired) electrons. The Morgan fingerprint density at radius 2 is 1.95 bits per heavy atom. The molecule has 0 saturated heterocycles. The molecule has 1 aromatic heterocycles. The van der Waals surface area contributed by atoms with E-state index in [1.165, 1.54) is 13.2 Å². The Morgan fingerprint density at radius 1 is 1.20 bits per heavy atom. The zero-order chi connectivity index (χ0) is 14.5. The molecule has 1 aromatic carbocycles. The molecule has 2 rings (SSSR count). The monoisotopic (exact) mass is 275 g/mol. The molecular weight excluding hydrogens is 262 g/mol. The highest BCUT2D eigenvalue weighted by Gasteiger charge is 2.13. The van der Waals surface area contributed by atoms with Gasteiger partial charge in [0.15, 0.2) is 0 Å². The van der Waals surface area contributed by atoms with Crippen LogP contribution in [0.25, 0.3) is 0 Å². The van der Waals surface area contributed by atoms with Gasteiger partial charge in [0, 0.05) is 0 Å². The van der Waals surface area contributed by atoms with Crippen molar-refractivity contribution in [1.29, 1.82) is 0 Å². The maximum Gasteiger partial charge on any atom is 0.373 e. The normalized spacial score (nSPS) is 10.1. The van der Waals surface area contributed by atoms with Gasteiger partial charge in [-0.05, 0) is 24.3 Å². The molecule has 6 nitrogen and oxygen atoms in total. The number of benzene rings is 1. The molecule has 0 aliphatic heterocycles. The van der Waals surface area contributed by atoms with Gasteiger partial charge in [-0.3, -0.25) is 4.79 Å². The van der Waals surface area contributed by atoms with E-state index < -0.39 is 11.9 Å². The molecule has 0 saturated carbocycles. The van der Waals surface area contributed by atoms with Crippen LogP contribution in [0.4, 0.5) is 0 Å². The van der Waals surface area contributed by atoms with E-state index in [0.29, 0.717) is 11.5 Å². The van der Waals surface area contributed by atoms with Gasteiger partial charge in [-0.2, -0.15) is 0 Å². The maximum atomic E-state index is 11.2. The molecule has 0 aliphatic carbocycles. The van der Waals surface area contributed by atoms with E-state index in [1.807, 2.05) is 0 Å². The minimum Gasteiger partial charge on any atom is -0.485 e. The maximum absolute atomic E-state index is 11.2. The van der Waals surface area contributed by atoms with Crippen molar-refractivity contribution in [3.05, 3.63) is 53.5 Å². The number of carbonyl (C=O) groups excluding carboxylic acids is 2. The number of nitrogens with two attached hydrogens (primary N) is 1. The van der Waals surface area contributed by atoms with Crippen molar-refractivity contribution in [2.24, 2.45) is 5.73 Å². The number of hydrogen-bond acceptors (Lipinski definition) is 5. The number of methoxy groups -OCH3 is 1. The predicted octanol–water partition coefficient (Wildman–Crippen LogP) is 1.74. The van der Waals surface area contributed by atoms with Gasteiger partial charge >= 0.3 is 5.97 Å². The van der Waals surface area contributed by atoms with Crippen LogP contribution in [0.15, 0.2) is 40.8 Å². The van der Waals surface area contributed by atoms with E-state index >= 15 is 0 Å². The Morgan fingerprint density at radius 3 is 2.65 bits per heavy atom. The third-order valence-corrected chi connectivity index (χ3v) is 2.57. The van der Waals surface area contributed by atoms with E-state index in [2.05, 4.69) is 4.74 Å². The van der Waals surface area contributed by atoms with Crippen molar-refractivity contribution < 1.29 is 23.5 Å². The van der Waals surface area contributed by atoms with Gasteiger partial charge in [-0.1, -0.05) is 12.1 Å². The van der Waals surface area contributed by atoms with Crippen LogP contribution in [0.5, 0.6) is 5.75 Å². The van der Waals surface area contributed by atoms with E-state index in [-0.39, 0.29) is 17.9 Å². The molecule has 104 valence electrons. The fourth-order valence-electron chi connectivity index (χ4n) is 1.61. The van der Waals surface area contributed by atoms with Crippen LogP contribution in [0, 0.1) is 0 Å². The summed E-state index contributed by atoms with van der Waals surface area (Å²) in [4.78, 5) is 22.4. The number of carbonyl (C=O) groups is 2. The van der Waals surface area contributed by atoms with E-state index in [4.69, 9.17) is 14.9 Å². The number of primary amides is 1. The molecule has 0 spiro atoms. The second-order valence-electron chi connectivity index (χ2n) is 3.91. The van der Waals surface area contributed by atoms with Gasteiger partial charge < -0.3 is 19.6 Å². The smallest absolute Gasteiger partial charge is 0.373 e. The average Bonchev–Trinajstić information content (AvgIpc) is 2.93. The summed E-state index contributed by atoms with van der Waals surface area (Å²) in [6, 6.07) is 9.70. The molecule has 2 N–H and O–H groups in total. The average molecular weight is 275 g/mol. The number of esters is 1. The lowest BCUT2D eigenvalue weighted by Gasteiger charge is -2.07. The Hall–Kier alpha value is -2.76. The summed E-state index contributed by atoms with van der Waals surface area (Å²) < 4.78 is 15.2. The Bertz CT molecular complexity index is 632. The third-order valence-electron chi connectivity index (χ3n) is 2.57. The molecule has 0 aliphatic rings. The standard InChI is InChI=1S/C14H13NO5/c1-18-14(17)12-7-6-9(20-12)8-19-11-5-3-2-4-10(11)13(15)16/h2-7H,8H2,1H3,(H2,15,16). The topological polar surface area (TPSA) is 91.8 Å². The largest absolute Gasteiger partial charge is 0.485 e. The Labute approximate surface area is 115 Å². The number of hydrogen-bond donors (Lipinski definition) is 1. The van der Waals surface area contributed by atoms with Crippen molar-refractivity contribution in [1.82, 2.24) is 0 Å². The lowest BCUT2D eigenvalue weighted by atomic mass is 10.2. The minimum absolute atomic E-state index is 0.0707. The van der Waals surface area contributed by atoms with Crippen LogP contribution in [-0.4, -0.2) is 19.0 Å². The first-order valence-electron chi connectivity index (χ1n) is 5.80. The van der Waals surface area contributed by atoms with E-state index in [1.54, 1.807) is 30.3 Å². The van der Waals surface area contributed by atoms with Crippen LogP contribution in [0.3, 0.4) is 0 Å². The van der Waals surface area contributed by atoms with Crippen LogP contribution >= 0.6 is 0 Å². The quantitative estimate of drug-likeness (QED) is 0.839. The molecule has 1 heterocycles. The summed E-state index contributed by atoms with van der Waals surface area (Å²) in [6.07, 6.45) is 0. The summed E-state index contributed by atoms with van der Waals surface area (Å²) in [5.74, 6) is -0.251. The lowest BCUT2D eigenvalue weighted by Crippen LogP contribution is -2.12. The van der Waals surface area contributed by atoms with Crippen LogP contribution in [-0.2, 0) is 11.3 Å². The van der Waals surface area contributed by atoms with Gasteiger partial charge in [0.1, 0.15) is 18.1 Å². The Kier molecular flexibility index (Phi) is 4.05. The third kappa shape index (κ3) is 2.97. The summed E-state index contributed by atoms with van der Waals surface area (Å²) in [6.45, 7) is 0.0707.